The number of carbonyl (C=O) groups excluding carboxylic acids is 2. The van der Waals surface area contributed by atoms with Crippen LogP contribution in [0.1, 0.15) is 72.6 Å². The maximum absolute atomic E-state index is 11.7. The highest BCUT2D eigenvalue weighted by Gasteiger charge is 2.26. The summed E-state index contributed by atoms with van der Waals surface area (Å²) in [7, 11) is 0. The van der Waals surface area contributed by atoms with E-state index in [0.717, 1.165) is 38.5 Å². The number of rotatable bonds is 11. The van der Waals surface area contributed by atoms with Crippen LogP contribution < -0.4 is 0 Å². The number of ether oxygens (including phenoxy) is 2. The molecule has 0 rings (SSSR count). The van der Waals surface area contributed by atoms with E-state index in [1.165, 1.54) is 0 Å². The second kappa shape index (κ2) is 10.7. The van der Waals surface area contributed by atoms with Gasteiger partial charge in [0.2, 0.25) is 0 Å². The fraction of sp³-hybridized carbons (Fsp3) is 0.875. The minimum atomic E-state index is -0.400. The van der Waals surface area contributed by atoms with Crippen molar-refractivity contribution in [1.82, 2.24) is 0 Å². The molecule has 0 bridgehead atoms. The number of esters is 2. The first-order valence-electron chi connectivity index (χ1n) is 7.77. The molecule has 0 saturated heterocycles. The predicted octanol–water partition coefficient (Wildman–Crippen LogP) is 3.87. The van der Waals surface area contributed by atoms with Crippen molar-refractivity contribution in [2.45, 2.75) is 72.6 Å². The average molecular weight is 286 g/mol. The van der Waals surface area contributed by atoms with Crippen molar-refractivity contribution < 1.29 is 19.1 Å². The van der Waals surface area contributed by atoms with E-state index in [1.54, 1.807) is 0 Å². The molecule has 0 unspecified atom stereocenters. The molecule has 0 aliphatic carbocycles. The molecule has 0 fully saturated rings. The monoisotopic (exact) mass is 286 g/mol. The Morgan fingerprint density at radius 1 is 0.900 bits per heavy atom. The van der Waals surface area contributed by atoms with Gasteiger partial charge in [0.15, 0.2) is 0 Å². The van der Waals surface area contributed by atoms with E-state index in [2.05, 4.69) is 6.92 Å². The van der Waals surface area contributed by atoms with E-state index in [-0.39, 0.29) is 11.9 Å². The van der Waals surface area contributed by atoms with Crippen molar-refractivity contribution in [2.24, 2.45) is 5.41 Å². The Hall–Kier alpha value is -1.06. The van der Waals surface area contributed by atoms with Crippen LogP contribution in [0.15, 0.2) is 0 Å². The summed E-state index contributed by atoms with van der Waals surface area (Å²) in [6.07, 6.45) is 5.66. The Kier molecular flexibility index (Phi) is 10.1. The molecule has 0 aliphatic heterocycles. The lowest BCUT2D eigenvalue weighted by molar-refractivity contribution is -0.154. The van der Waals surface area contributed by atoms with Gasteiger partial charge < -0.3 is 9.47 Å². The summed E-state index contributed by atoms with van der Waals surface area (Å²) in [5, 5.41) is 0. The summed E-state index contributed by atoms with van der Waals surface area (Å²) in [6.45, 7) is 8.79. The van der Waals surface area contributed by atoms with Gasteiger partial charge in [-0.15, -0.1) is 0 Å². The summed E-state index contributed by atoms with van der Waals surface area (Å²) in [5.41, 5.74) is -0.400. The molecule has 0 aromatic carbocycles. The van der Waals surface area contributed by atoms with E-state index in [1.807, 2.05) is 20.8 Å². The van der Waals surface area contributed by atoms with Crippen molar-refractivity contribution in [2.75, 3.05) is 13.2 Å². The molecule has 0 aromatic heterocycles. The summed E-state index contributed by atoms with van der Waals surface area (Å²) in [5.74, 6) is -0.262. The van der Waals surface area contributed by atoms with Gasteiger partial charge in [-0.3, -0.25) is 9.59 Å². The second-order valence-electron chi connectivity index (χ2n) is 5.76. The van der Waals surface area contributed by atoms with Gasteiger partial charge in [0.05, 0.1) is 18.6 Å². The maximum Gasteiger partial charge on any atom is 0.311 e. The highest BCUT2D eigenvalue weighted by molar-refractivity contribution is 5.75. The topological polar surface area (TPSA) is 52.6 Å². The first-order chi connectivity index (χ1) is 9.44. The molecule has 0 saturated carbocycles. The molecule has 0 aromatic rings. The lowest BCUT2D eigenvalue weighted by Crippen LogP contribution is -2.26. The van der Waals surface area contributed by atoms with E-state index >= 15 is 0 Å². The fourth-order valence-electron chi connectivity index (χ4n) is 1.46. The highest BCUT2D eigenvalue weighted by atomic mass is 16.5. The van der Waals surface area contributed by atoms with Crippen LogP contribution in [0, 0.1) is 5.41 Å². The van der Waals surface area contributed by atoms with Crippen molar-refractivity contribution in [3.63, 3.8) is 0 Å². The third-order valence-corrected chi connectivity index (χ3v) is 3.46. The van der Waals surface area contributed by atoms with Crippen LogP contribution in [-0.4, -0.2) is 25.2 Å². The van der Waals surface area contributed by atoms with Gasteiger partial charge in [-0.2, -0.15) is 0 Å². The van der Waals surface area contributed by atoms with Gasteiger partial charge in [0, 0.05) is 6.42 Å². The van der Waals surface area contributed by atoms with Crippen LogP contribution in [0.5, 0.6) is 0 Å². The first-order valence-corrected chi connectivity index (χ1v) is 7.77. The highest BCUT2D eigenvalue weighted by Crippen LogP contribution is 2.21. The van der Waals surface area contributed by atoms with E-state index in [9.17, 15) is 9.59 Å². The number of hydrogen-bond acceptors (Lipinski definition) is 4. The second-order valence-corrected chi connectivity index (χ2v) is 5.76. The lowest BCUT2D eigenvalue weighted by Gasteiger charge is -2.20. The van der Waals surface area contributed by atoms with Crippen LogP contribution in [-0.2, 0) is 19.1 Å². The Morgan fingerprint density at radius 2 is 1.55 bits per heavy atom. The molecule has 0 radical (unpaired) electrons. The molecule has 0 amide bonds. The quantitative estimate of drug-likeness (QED) is 0.427. The Bertz CT molecular complexity index is 284. The fourth-order valence-corrected chi connectivity index (χ4v) is 1.46. The van der Waals surface area contributed by atoms with Crippen molar-refractivity contribution in [1.29, 1.82) is 0 Å². The molecule has 118 valence electrons. The summed E-state index contributed by atoms with van der Waals surface area (Å²) in [4.78, 5) is 23.0. The third-order valence-electron chi connectivity index (χ3n) is 3.46. The summed E-state index contributed by atoms with van der Waals surface area (Å²) < 4.78 is 10.3. The van der Waals surface area contributed by atoms with E-state index in [4.69, 9.17) is 9.47 Å². The minimum Gasteiger partial charge on any atom is -0.466 e. The molecule has 4 heteroatoms. The first kappa shape index (κ1) is 18.9. The zero-order valence-corrected chi connectivity index (χ0v) is 13.5. The van der Waals surface area contributed by atoms with Crippen LogP contribution in [0.4, 0.5) is 0 Å². The zero-order valence-electron chi connectivity index (χ0n) is 13.5. The molecule has 0 heterocycles. The normalized spacial score (nSPS) is 11.2. The largest absolute Gasteiger partial charge is 0.466 e. The van der Waals surface area contributed by atoms with Crippen LogP contribution in [0.2, 0.25) is 0 Å². The smallest absolute Gasteiger partial charge is 0.311 e. The zero-order chi connectivity index (χ0) is 15.4. The molecular formula is C16H30O4. The average Bonchev–Trinajstić information content (AvgIpc) is 2.42. The number of carbonyl (C=O) groups is 2. The van der Waals surface area contributed by atoms with Gasteiger partial charge in [-0.1, -0.05) is 20.3 Å². The van der Waals surface area contributed by atoms with Gasteiger partial charge >= 0.3 is 11.9 Å². The molecular weight excluding hydrogens is 256 g/mol. The van der Waals surface area contributed by atoms with Crippen molar-refractivity contribution >= 4 is 11.9 Å². The standard InChI is InChI=1S/C16H30O4/c1-5-7-12-19-14(17)11-9-8-10-13-20-15(18)16(3,4)6-2/h5-13H2,1-4H3. The summed E-state index contributed by atoms with van der Waals surface area (Å²) >= 11 is 0. The number of hydrogen-bond donors (Lipinski definition) is 0. The van der Waals surface area contributed by atoms with Crippen molar-refractivity contribution in [3.05, 3.63) is 0 Å². The van der Waals surface area contributed by atoms with Crippen molar-refractivity contribution in [3.8, 4) is 0 Å². The lowest BCUT2D eigenvalue weighted by atomic mass is 9.91. The Labute approximate surface area is 123 Å². The minimum absolute atomic E-state index is 0.123. The molecule has 0 aliphatic rings. The SMILES string of the molecule is CCCCOC(=O)CCCCCOC(=O)C(C)(C)CC. The molecule has 0 spiro atoms. The maximum atomic E-state index is 11.7. The Morgan fingerprint density at radius 3 is 2.15 bits per heavy atom. The molecule has 0 atom stereocenters. The number of unbranched alkanes of at least 4 members (excludes halogenated alkanes) is 3. The van der Waals surface area contributed by atoms with Gasteiger partial charge in [-0.05, 0) is 46.0 Å². The van der Waals surface area contributed by atoms with Crippen LogP contribution >= 0.6 is 0 Å². The molecule has 20 heavy (non-hydrogen) atoms. The molecule has 0 N–H and O–H groups in total. The Balaban J connectivity index is 3.49. The van der Waals surface area contributed by atoms with Gasteiger partial charge in [0.25, 0.3) is 0 Å². The van der Waals surface area contributed by atoms with Gasteiger partial charge in [-0.25, -0.2) is 0 Å². The van der Waals surface area contributed by atoms with E-state index in [0.29, 0.717) is 19.6 Å². The van der Waals surface area contributed by atoms with Crippen LogP contribution in [0.3, 0.4) is 0 Å². The van der Waals surface area contributed by atoms with Gasteiger partial charge in [0.1, 0.15) is 0 Å². The van der Waals surface area contributed by atoms with E-state index < -0.39 is 5.41 Å². The summed E-state index contributed by atoms with van der Waals surface area (Å²) in [6, 6.07) is 0. The predicted molar refractivity (Wildman–Crippen MR) is 79.4 cm³/mol. The third kappa shape index (κ3) is 8.94. The molecule has 4 nitrogen and oxygen atoms in total. The van der Waals surface area contributed by atoms with Crippen LogP contribution in [0.25, 0.3) is 0 Å².